The van der Waals surface area contributed by atoms with E-state index in [0.29, 0.717) is 12.5 Å². The third-order valence-electron chi connectivity index (χ3n) is 3.85. The number of carbonyl (C=O) groups excluding carboxylic acids is 1. The molecule has 0 heterocycles. The van der Waals surface area contributed by atoms with Gasteiger partial charge in [-0.25, -0.2) is 0 Å². The molecule has 0 aliphatic heterocycles. The van der Waals surface area contributed by atoms with Gasteiger partial charge in [0.25, 0.3) is 0 Å². The van der Waals surface area contributed by atoms with E-state index in [1.807, 2.05) is 38.1 Å². The predicted octanol–water partition coefficient (Wildman–Crippen LogP) is 2.76. The molecule has 21 heavy (non-hydrogen) atoms. The van der Waals surface area contributed by atoms with Crippen LogP contribution in [0.15, 0.2) is 24.3 Å². The molecule has 118 valence electrons. The van der Waals surface area contributed by atoms with Crippen LogP contribution in [0.25, 0.3) is 0 Å². The SMILES string of the molecule is COCC(NC(=O)C(C)(C)c1ccc(OC)cc1)C(C)C. The van der Waals surface area contributed by atoms with Crippen molar-refractivity contribution < 1.29 is 14.3 Å². The standard InChI is InChI=1S/C17H27NO3/c1-12(2)15(11-20-5)18-16(19)17(3,4)13-7-9-14(21-6)10-8-13/h7-10,12,15H,11H2,1-6H3,(H,18,19). The molecule has 1 N–H and O–H groups in total. The van der Waals surface area contributed by atoms with Crippen LogP contribution in [0.1, 0.15) is 33.3 Å². The van der Waals surface area contributed by atoms with E-state index < -0.39 is 5.41 Å². The summed E-state index contributed by atoms with van der Waals surface area (Å²) in [5, 5.41) is 3.09. The minimum absolute atomic E-state index is 0.00316. The lowest BCUT2D eigenvalue weighted by Gasteiger charge is -2.29. The van der Waals surface area contributed by atoms with Crippen molar-refractivity contribution in [3.8, 4) is 5.75 Å². The van der Waals surface area contributed by atoms with Crippen molar-refractivity contribution in [1.29, 1.82) is 0 Å². The van der Waals surface area contributed by atoms with Crippen molar-refractivity contribution in [2.45, 2.75) is 39.2 Å². The Morgan fingerprint density at radius 3 is 2.19 bits per heavy atom. The van der Waals surface area contributed by atoms with Gasteiger partial charge >= 0.3 is 0 Å². The van der Waals surface area contributed by atoms with Gasteiger partial charge in [0.1, 0.15) is 5.75 Å². The molecule has 0 aliphatic carbocycles. The molecule has 4 heteroatoms. The molecule has 1 aromatic carbocycles. The second kappa shape index (κ2) is 7.46. The molecule has 1 rings (SSSR count). The average Bonchev–Trinajstić information content (AvgIpc) is 2.46. The normalized spacial score (nSPS) is 13.1. The Balaban J connectivity index is 2.86. The zero-order valence-electron chi connectivity index (χ0n) is 13.9. The Morgan fingerprint density at radius 2 is 1.76 bits per heavy atom. The van der Waals surface area contributed by atoms with E-state index in [-0.39, 0.29) is 11.9 Å². The molecule has 0 radical (unpaired) electrons. The Kier molecular flexibility index (Phi) is 6.21. The summed E-state index contributed by atoms with van der Waals surface area (Å²) in [5.41, 5.74) is 0.355. The highest BCUT2D eigenvalue weighted by molar-refractivity contribution is 5.87. The third kappa shape index (κ3) is 4.46. The fourth-order valence-electron chi connectivity index (χ4n) is 2.07. The molecular formula is C17H27NO3. The van der Waals surface area contributed by atoms with Gasteiger partial charge in [0.05, 0.1) is 25.2 Å². The molecule has 0 saturated carbocycles. The third-order valence-corrected chi connectivity index (χ3v) is 3.85. The first-order chi connectivity index (χ1) is 9.82. The number of methoxy groups -OCH3 is 2. The number of rotatable bonds is 7. The molecule has 0 fully saturated rings. The van der Waals surface area contributed by atoms with Crippen molar-refractivity contribution in [2.75, 3.05) is 20.8 Å². The van der Waals surface area contributed by atoms with Crippen LogP contribution in [-0.2, 0) is 14.9 Å². The molecule has 1 aromatic rings. The van der Waals surface area contributed by atoms with Gasteiger partial charge in [0.2, 0.25) is 5.91 Å². The Morgan fingerprint density at radius 1 is 1.19 bits per heavy atom. The van der Waals surface area contributed by atoms with Crippen LogP contribution in [0.3, 0.4) is 0 Å². The summed E-state index contributed by atoms with van der Waals surface area (Å²) in [6.45, 7) is 8.51. The van der Waals surface area contributed by atoms with E-state index >= 15 is 0 Å². The maximum atomic E-state index is 12.6. The maximum absolute atomic E-state index is 12.6. The average molecular weight is 293 g/mol. The van der Waals surface area contributed by atoms with Gasteiger partial charge in [-0.2, -0.15) is 0 Å². The summed E-state index contributed by atoms with van der Waals surface area (Å²) < 4.78 is 10.3. The molecule has 1 unspecified atom stereocenters. The summed E-state index contributed by atoms with van der Waals surface area (Å²) in [6.07, 6.45) is 0. The van der Waals surface area contributed by atoms with Crippen LogP contribution in [0.2, 0.25) is 0 Å². The summed E-state index contributed by atoms with van der Waals surface area (Å²) in [4.78, 5) is 12.6. The Labute approximate surface area is 127 Å². The summed E-state index contributed by atoms with van der Waals surface area (Å²) >= 11 is 0. The number of ether oxygens (including phenoxy) is 2. The second-order valence-electron chi connectivity index (χ2n) is 6.13. The van der Waals surface area contributed by atoms with Crippen LogP contribution < -0.4 is 10.1 Å². The Bertz CT molecular complexity index is 452. The zero-order chi connectivity index (χ0) is 16.0. The highest BCUT2D eigenvalue weighted by Gasteiger charge is 2.31. The zero-order valence-corrected chi connectivity index (χ0v) is 13.9. The van der Waals surface area contributed by atoms with E-state index in [1.165, 1.54) is 0 Å². The lowest BCUT2D eigenvalue weighted by Crippen LogP contribution is -2.48. The first kappa shape index (κ1) is 17.5. The van der Waals surface area contributed by atoms with Gasteiger partial charge in [-0.15, -0.1) is 0 Å². The molecule has 0 aliphatic rings. The smallest absolute Gasteiger partial charge is 0.230 e. The second-order valence-corrected chi connectivity index (χ2v) is 6.13. The van der Waals surface area contributed by atoms with Crippen LogP contribution in [0, 0.1) is 5.92 Å². The van der Waals surface area contributed by atoms with E-state index in [2.05, 4.69) is 19.2 Å². The monoisotopic (exact) mass is 293 g/mol. The quantitative estimate of drug-likeness (QED) is 0.841. The largest absolute Gasteiger partial charge is 0.497 e. The number of hydrogen-bond acceptors (Lipinski definition) is 3. The van der Waals surface area contributed by atoms with Crippen molar-refractivity contribution in [2.24, 2.45) is 5.92 Å². The summed E-state index contributed by atoms with van der Waals surface area (Å²) in [7, 11) is 3.28. The summed E-state index contributed by atoms with van der Waals surface area (Å²) in [6, 6.07) is 7.62. The van der Waals surface area contributed by atoms with Gasteiger partial charge in [-0.05, 0) is 37.5 Å². The highest BCUT2D eigenvalue weighted by atomic mass is 16.5. The van der Waals surface area contributed by atoms with Crippen molar-refractivity contribution in [3.05, 3.63) is 29.8 Å². The van der Waals surface area contributed by atoms with E-state index in [0.717, 1.165) is 11.3 Å². The van der Waals surface area contributed by atoms with Crippen molar-refractivity contribution >= 4 is 5.91 Å². The molecular weight excluding hydrogens is 266 g/mol. The lowest BCUT2D eigenvalue weighted by molar-refractivity contribution is -0.127. The van der Waals surface area contributed by atoms with Crippen LogP contribution in [-0.4, -0.2) is 32.8 Å². The van der Waals surface area contributed by atoms with Gasteiger partial charge in [0, 0.05) is 7.11 Å². The predicted molar refractivity (Wildman–Crippen MR) is 84.7 cm³/mol. The highest BCUT2D eigenvalue weighted by Crippen LogP contribution is 2.26. The molecule has 0 aromatic heterocycles. The van der Waals surface area contributed by atoms with Crippen LogP contribution in [0.5, 0.6) is 5.75 Å². The number of carbonyl (C=O) groups is 1. The fraction of sp³-hybridized carbons (Fsp3) is 0.588. The van der Waals surface area contributed by atoms with Gasteiger partial charge in [0.15, 0.2) is 0 Å². The van der Waals surface area contributed by atoms with Gasteiger partial charge in [-0.3, -0.25) is 4.79 Å². The molecule has 1 amide bonds. The molecule has 4 nitrogen and oxygen atoms in total. The number of benzene rings is 1. The number of nitrogens with one attached hydrogen (secondary N) is 1. The molecule has 1 atom stereocenters. The first-order valence-corrected chi connectivity index (χ1v) is 7.27. The molecule has 0 saturated heterocycles. The van der Waals surface area contributed by atoms with Crippen LogP contribution in [0.4, 0.5) is 0 Å². The maximum Gasteiger partial charge on any atom is 0.230 e. The van der Waals surface area contributed by atoms with Crippen molar-refractivity contribution in [1.82, 2.24) is 5.32 Å². The van der Waals surface area contributed by atoms with E-state index in [1.54, 1.807) is 14.2 Å². The first-order valence-electron chi connectivity index (χ1n) is 7.27. The van der Waals surface area contributed by atoms with Crippen LogP contribution >= 0.6 is 0 Å². The van der Waals surface area contributed by atoms with Gasteiger partial charge < -0.3 is 14.8 Å². The summed E-state index contributed by atoms with van der Waals surface area (Å²) in [5.74, 6) is 1.11. The lowest BCUT2D eigenvalue weighted by atomic mass is 9.83. The van der Waals surface area contributed by atoms with Crippen molar-refractivity contribution in [3.63, 3.8) is 0 Å². The Hall–Kier alpha value is -1.55. The molecule has 0 bridgehead atoms. The fourth-order valence-corrected chi connectivity index (χ4v) is 2.07. The number of amides is 1. The van der Waals surface area contributed by atoms with E-state index in [4.69, 9.17) is 9.47 Å². The molecule has 0 spiro atoms. The number of hydrogen-bond donors (Lipinski definition) is 1. The van der Waals surface area contributed by atoms with E-state index in [9.17, 15) is 4.79 Å². The van der Waals surface area contributed by atoms with Gasteiger partial charge in [-0.1, -0.05) is 26.0 Å². The topological polar surface area (TPSA) is 47.6 Å². The minimum atomic E-state index is -0.604. The minimum Gasteiger partial charge on any atom is -0.497 e.